The molecule has 0 aliphatic carbocycles. The first kappa shape index (κ1) is 11.2. The molecule has 0 aromatic carbocycles. The lowest BCUT2D eigenvalue weighted by molar-refractivity contribution is -0.140. The molecular weight excluding hydrogens is 200 g/mol. The number of hydrogen-bond acceptors (Lipinski definition) is 4. The van der Waals surface area contributed by atoms with E-state index >= 15 is 0 Å². The molecule has 1 N–H and O–H groups in total. The number of esters is 1. The molecule has 0 aliphatic rings. The van der Waals surface area contributed by atoms with E-state index < -0.39 is 18.0 Å². The van der Waals surface area contributed by atoms with Crippen molar-refractivity contribution in [2.24, 2.45) is 0 Å². The lowest BCUT2D eigenvalue weighted by Gasteiger charge is -2.04. The molecule has 0 aliphatic heterocycles. The van der Waals surface area contributed by atoms with Gasteiger partial charge in [0.1, 0.15) is 6.04 Å². The number of carboxylic acid groups (broad SMARTS) is 1. The highest BCUT2D eigenvalue weighted by Crippen LogP contribution is 2.07. The third kappa shape index (κ3) is 2.55. The Labute approximate surface area is 86.5 Å². The number of aliphatic carboxylic acids is 1. The number of hydrogen-bond donors (Lipinski definition) is 1. The van der Waals surface area contributed by atoms with Gasteiger partial charge in [0, 0.05) is 6.20 Å². The minimum atomic E-state index is -1.01. The number of ether oxygens (including phenoxy) is 1. The van der Waals surface area contributed by atoms with E-state index in [1.54, 1.807) is 6.92 Å². The number of rotatable bonds is 4. The molecule has 1 aromatic rings. The average molecular weight is 212 g/mol. The maximum Gasteiger partial charge on any atom is 0.341 e. The molecule has 82 valence electrons. The fraction of sp³-hybridized carbons (Fsp3) is 0.444. The van der Waals surface area contributed by atoms with E-state index in [1.807, 2.05) is 0 Å². The summed E-state index contributed by atoms with van der Waals surface area (Å²) in [5.74, 6) is -1.50. The van der Waals surface area contributed by atoms with Gasteiger partial charge >= 0.3 is 11.9 Å². The standard InChI is InChI=1S/C9H12N2O4/c1-3-15-9(14)7-4-10-11(5-7)6(2)8(12)13/h4-6H,3H2,1-2H3,(H,12,13)/t6-/m0/s1. The van der Waals surface area contributed by atoms with Crippen LogP contribution in [-0.4, -0.2) is 33.4 Å². The molecule has 15 heavy (non-hydrogen) atoms. The van der Waals surface area contributed by atoms with Crippen LogP contribution in [0.15, 0.2) is 12.4 Å². The Kier molecular flexibility index (Phi) is 3.43. The number of carbonyl (C=O) groups excluding carboxylic acids is 1. The van der Waals surface area contributed by atoms with Crippen LogP contribution in [-0.2, 0) is 9.53 Å². The summed E-state index contributed by atoms with van der Waals surface area (Å²) >= 11 is 0. The van der Waals surface area contributed by atoms with E-state index in [2.05, 4.69) is 5.10 Å². The zero-order chi connectivity index (χ0) is 11.4. The van der Waals surface area contributed by atoms with Crippen molar-refractivity contribution in [1.82, 2.24) is 9.78 Å². The Balaban J connectivity index is 2.80. The molecule has 0 amide bonds. The van der Waals surface area contributed by atoms with E-state index in [9.17, 15) is 9.59 Å². The van der Waals surface area contributed by atoms with Gasteiger partial charge in [-0.25, -0.2) is 9.59 Å². The van der Waals surface area contributed by atoms with E-state index in [4.69, 9.17) is 9.84 Å². The first-order valence-electron chi connectivity index (χ1n) is 4.50. The summed E-state index contributed by atoms with van der Waals surface area (Å²) in [6.45, 7) is 3.45. The molecule has 0 spiro atoms. The topological polar surface area (TPSA) is 81.4 Å². The Morgan fingerprint density at radius 1 is 1.67 bits per heavy atom. The molecule has 0 unspecified atom stereocenters. The van der Waals surface area contributed by atoms with Gasteiger partial charge in [-0.05, 0) is 13.8 Å². The second kappa shape index (κ2) is 4.59. The molecular formula is C9H12N2O4. The maximum absolute atomic E-state index is 11.2. The van der Waals surface area contributed by atoms with Crippen molar-refractivity contribution < 1.29 is 19.4 Å². The van der Waals surface area contributed by atoms with Crippen molar-refractivity contribution >= 4 is 11.9 Å². The van der Waals surface area contributed by atoms with Gasteiger partial charge in [-0.2, -0.15) is 5.10 Å². The number of carboxylic acids is 1. The third-order valence-corrected chi connectivity index (χ3v) is 1.87. The minimum Gasteiger partial charge on any atom is -0.480 e. The van der Waals surface area contributed by atoms with Crippen LogP contribution in [0.5, 0.6) is 0 Å². The largest absolute Gasteiger partial charge is 0.480 e. The van der Waals surface area contributed by atoms with E-state index in [-0.39, 0.29) is 12.2 Å². The van der Waals surface area contributed by atoms with E-state index in [0.29, 0.717) is 0 Å². The fourth-order valence-electron chi connectivity index (χ4n) is 0.983. The summed E-state index contributed by atoms with van der Waals surface area (Å²) in [6, 6.07) is -0.798. The third-order valence-electron chi connectivity index (χ3n) is 1.87. The number of aromatic nitrogens is 2. The fourth-order valence-corrected chi connectivity index (χ4v) is 0.983. The van der Waals surface area contributed by atoms with Crippen molar-refractivity contribution in [2.75, 3.05) is 6.61 Å². The Bertz CT molecular complexity index is 372. The van der Waals surface area contributed by atoms with Crippen LogP contribution < -0.4 is 0 Å². The SMILES string of the molecule is CCOC(=O)c1cnn([C@@H](C)C(=O)O)c1. The molecule has 6 heteroatoms. The minimum absolute atomic E-state index is 0.255. The zero-order valence-electron chi connectivity index (χ0n) is 8.51. The summed E-state index contributed by atoms with van der Waals surface area (Å²) in [5, 5.41) is 12.5. The van der Waals surface area contributed by atoms with Crippen LogP contribution in [0.1, 0.15) is 30.2 Å². The summed E-state index contributed by atoms with van der Waals surface area (Å²) in [5.41, 5.74) is 0.255. The normalized spacial score (nSPS) is 12.1. The zero-order valence-corrected chi connectivity index (χ0v) is 8.51. The Hall–Kier alpha value is -1.85. The first-order valence-corrected chi connectivity index (χ1v) is 4.50. The van der Waals surface area contributed by atoms with Crippen molar-refractivity contribution in [3.8, 4) is 0 Å². The maximum atomic E-state index is 11.2. The van der Waals surface area contributed by atoms with Crippen molar-refractivity contribution in [1.29, 1.82) is 0 Å². The Morgan fingerprint density at radius 2 is 2.33 bits per heavy atom. The van der Waals surface area contributed by atoms with Crippen molar-refractivity contribution in [3.63, 3.8) is 0 Å². The van der Waals surface area contributed by atoms with Gasteiger partial charge in [-0.15, -0.1) is 0 Å². The van der Waals surface area contributed by atoms with Crippen LogP contribution in [0.4, 0.5) is 0 Å². The molecule has 1 atom stereocenters. The predicted molar refractivity (Wildman–Crippen MR) is 50.5 cm³/mol. The van der Waals surface area contributed by atoms with Gasteiger partial charge in [-0.1, -0.05) is 0 Å². The summed E-state index contributed by atoms with van der Waals surface area (Å²) < 4.78 is 5.94. The molecule has 1 rings (SSSR count). The summed E-state index contributed by atoms with van der Waals surface area (Å²) in [7, 11) is 0. The van der Waals surface area contributed by atoms with Gasteiger partial charge in [0.25, 0.3) is 0 Å². The van der Waals surface area contributed by atoms with Gasteiger partial charge < -0.3 is 9.84 Å². The monoisotopic (exact) mass is 212 g/mol. The number of carbonyl (C=O) groups is 2. The number of nitrogens with zero attached hydrogens (tertiary/aromatic N) is 2. The predicted octanol–water partition coefficient (Wildman–Crippen LogP) is 0.705. The smallest absolute Gasteiger partial charge is 0.341 e. The highest BCUT2D eigenvalue weighted by atomic mass is 16.5. The highest BCUT2D eigenvalue weighted by molar-refractivity contribution is 5.88. The van der Waals surface area contributed by atoms with Gasteiger partial charge in [0.2, 0.25) is 0 Å². The second-order valence-corrected chi connectivity index (χ2v) is 2.94. The second-order valence-electron chi connectivity index (χ2n) is 2.94. The molecule has 0 radical (unpaired) electrons. The molecule has 0 fully saturated rings. The molecule has 0 bridgehead atoms. The quantitative estimate of drug-likeness (QED) is 0.743. The van der Waals surface area contributed by atoms with Crippen LogP contribution in [0.25, 0.3) is 0 Å². The summed E-state index contributed by atoms with van der Waals surface area (Å²) in [4.78, 5) is 21.9. The molecule has 0 saturated heterocycles. The van der Waals surface area contributed by atoms with Crippen LogP contribution in [0.3, 0.4) is 0 Å². The highest BCUT2D eigenvalue weighted by Gasteiger charge is 2.16. The van der Waals surface area contributed by atoms with Crippen LogP contribution in [0, 0.1) is 0 Å². The van der Waals surface area contributed by atoms with E-state index in [0.717, 1.165) is 0 Å². The van der Waals surface area contributed by atoms with Gasteiger partial charge in [0.15, 0.2) is 0 Å². The van der Waals surface area contributed by atoms with Gasteiger partial charge in [0.05, 0.1) is 18.4 Å². The van der Waals surface area contributed by atoms with Crippen LogP contribution >= 0.6 is 0 Å². The van der Waals surface area contributed by atoms with E-state index in [1.165, 1.54) is 24.0 Å². The molecule has 6 nitrogen and oxygen atoms in total. The van der Waals surface area contributed by atoms with Crippen LogP contribution in [0.2, 0.25) is 0 Å². The first-order chi connectivity index (χ1) is 7.06. The lowest BCUT2D eigenvalue weighted by Crippen LogP contribution is -2.15. The average Bonchev–Trinajstić information content (AvgIpc) is 2.65. The Morgan fingerprint density at radius 3 is 2.87 bits per heavy atom. The lowest BCUT2D eigenvalue weighted by atomic mass is 10.3. The van der Waals surface area contributed by atoms with Crippen molar-refractivity contribution in [3.05, 3.63) is 18.0 Å². The molecule has 1 heterocycles. The summed E-state index contributed by atoms with van der Waals surface area (Å²) in [6.07, 6.45) is 2.65. The molecule has 0 saturated carbocycles. The molecule has 1 aromatic heterocycles. The van der Waals surface area contributed by atoms with Gasteiger partial charge in [-0.3, -0.25) is 4.68 Å². The van der Waals surface area contributed by atoms with Crippen molar-refractivity contribution in [2.45, 2.75) is 19.9 Å².